The molecule has 0 bridgehead atoms. The van der Waals surface area contributed by atoms with Crippen LogP contribution in [0, 0.1) is 13.8 Å². The van der Waals surface area contributed by atoms with E-state index in [1.54, 1.807) is 6.08 Å². The second kappa shape index (κ2) is 8.36. The number of aliphatic hydroxyl groups is 1. The molecule has 0 saturated carbocycles. The van der Waals surface area contributed by atoms with Crippen LogP contribution in [-0.4, -0.2) is 41.3 Å². The normalized spacial score (nSPS) is 32.0. The molecule has 1 fully saturated rings. The summed E-state index contributed by atoms with van der Waals surface area (Å²) in [5.74, 6) is -0.985. The fourth-order valence-electron chi connectivity index (χ4n) is 4.22. The third-order valence-corrected chi connectivity index (χ3v) is 5.37. The summed E-state index contributed by atoms with van der Waals surface area (Å²) in [6.45, 7) is 9.62. The van der Waals surface area contributed by atoms with Crippen molar-refractivity contribution in [1.82, 2.24) is 0 Å². The molecule has 0 aromatic heterocycles. The lowest BCUT2D eigenvalue weighted by molar-refractivity contribution is -0.152. The molecule has 4 atom stereocenters. The molecule has 154 valence electrons. The highest BCUT2D eigenvalue weighted by atomic mass is 16.8. The lowest BCUT2D eigenvalue weighted by Gasteiger charge is -2.22. The number of fused-ring (bicyclic) bond motifs is 2. The van der Waals surface area contributed by atoms with Gasteiger partial charge in [-0.2, -0.15) is 0 Å². The Bertz CT molecular complexity index is 752. The van der Waals surface area contributed by atoms with E-state index in [4.69, 9.17) is 14.2 Å². The molecule has 3 rings (SSSR count). The summed E-state index contributed by atoms with van der Waals surface area (Å²) in [5, 5.41) is 10.6. The largest absolute Gasteiger partial charge is 0.459 e. The van der Waals surface area contributed by atoms with Gasteiger partial charge < -0.3 is 19.3 Å². The first-order chi connectivity index (χ1) is 13.2. The molecule has 0 amide bonds. The monoisotopic (exact) mass is 388 g/mol. The molecule has 0 radical (unpaired) electrons. The number of carbonyl (C=O) groups excluding carboxylic acids is 1. The number of carbonyl (C=O) groups is 1. The van der Waals surface area contributed by atoms with Gasteiger partial charge in [0, 0.05) is 6.42 Å². The maximum Gasteiger partial charge on any atom is 0.338 e. The molecular formula is C23H32O5. The Labute approximate surface area is 167 Å². The number of esters is 1. The Hall–Kier alpha value is -1.69. The van der Waals surface area contributed by atoms with E-state index >= 15 is 0 Å². The first-order valence-corrected chi connectivity index (χ1v) is 10.2. The van der Waals surface area contributed by atoms with Gasteiger partial charge in [-0.1, -0.05) is 29.8 Å². The second-order valence-corrected chi connectivity index (χ2v) is 8.52. The average Bonchev–Trinajstić information content (AvgIpc) is 2.88. The molecule has 5 nitrogen and oxygen atoms in total. The van der Waals surface area contributed by atoms with Crippen molar-refractivity contribution in [3.05, 3.63) is 46.5 Å². The highest BCUT2D eigenvalue weighted by Crippen LogP contribution is 2.33. The van der Waals surface area contributed by atoms with Gasteiger partial charge in [0.15, 0.2) is 5.79 Å². The van der Waals surface area contributed by atoms with Crippen LogP contribution >= 0.6 is 0 Å². The van der Waals surface area contributed by atoms with E-state index in [-0.39, 0.29) is 18.2 Å². The first-order valence-electron chi connectivity index (χ1n) is 10.2. The van der Waals surface area contributed by atoms with Crippen molar-refractivity contribution >= 4 is 5.97 Å². The third-order valence-electron chi connectivity index (χ3n) is 5.37. The molecule has 2 aliphatic rings. The van der Waals surface area contributed by atoms with E-state index in [1.807, 2.05) is 46.8 Å². The van der Waals surface area contributed by atoms with Crippen LogP contribution < -0.4 is 0 Å². The van der Waals surface area contributed by atoms with Crippen LogP contribution in [0.4, 0.5) is 0 Å². The molecule has 1 aromatic carbocycles. The van der Waals surface area contributed by atoms with Gasteiger partial charge in [-0.25, -0.2) is 4.79 Å². The van der Waals surface area contributed by atoms with Gasteiger partial charge in [0.2, 0.25) is 0 Å². The number of rotatable bonds is 0. The minimum Gasteiger partial charge on any atom is -0.459 e. The molecule has 2 heterocycles. The quantitative estimate of drug-likeness (QED) is 0.537. The fraction of sp³-hybridized carbons (Fsp3) is 0.609. The number of hydrogen-bond acceptors (Lipinski definition) is 5. The second-order valence-electron chi connectivity index (χ2n) is 8.52. The summed E-state index contributed by atoms with van der Waals surface area (Å²) in [7, 11) is 0. The minimum absolute atomic E-state index is 0.184. The zero-order chi connectivity index (χ0) is 20.5. The van der Waals surface area contributed by atoms with E-state index in [9.17, 15) is 9.90 Å². The Balaban J connectivity index is 1.90. The minimum atomic E-state index is -0.755. The third kappa shape index (κ3) is 4.83. The molecule has 1 N–H and O–H groups in total. The van der Waals surface area contributed by atoms with Gasteiger partial charge in [0.1, 0.15) is 18.3 Å². The van der Waals surface area contributed by atoms with Crippen LogP contribution in [0.25, 0.3) is 0 Å². The SMILES string of the molecule is Cc1cc(C)c2c(c1)CCC[C@@H]1OC(C)(C)OC1C(O)/C=C\CC(C)OC2=O. The van der Waals surface area contributed by atoms with Gasteiger partial charge in [0.05, 0.1) is 11.7 Å². The predicted molar refractivity (Wildman–Crippen MR) is 107 cm³/mol. The predicted octanol–water partition coefficient (Wildman–Crippen LogP) is 4.01. The van der Waals surface area contributed by atoms with Crippen molar-refractivity contribution in [2.75, 3.05) is 0 Å². The van der Waals surface area contributed by atoms with Crippen molar-refractivity contribution in [2.24, 2.45) is 0 Å². The van der Waals surface area contributed by atoms with Gasteiger partial charge in [-0.3, -0.25) is 0 Å². The molecule has 1 saturated heterocycles. The highest BCUT2D eigenvalue weighted by molar-refractivity contribution is 5.93. The number of aliphatic hydroxyl groups excluding tert-OH is 1. The summed E-state index contributed by atoms with van der Waals surface area (Å²) in [5.41, 5.74) is 3.78. The van der Waals surface area contributed by atoms with E-state index in [1.165, 1.54) is 0 Å². The topological polar surface area (TPSA) is 65.0 Å². The molecule has 0 aliphatic carbocycles. The zero-order valence-corrected chi connectivity index (χ0v) is 17.5. The standard InChI is InChI=1S/C23H32O5/c1-14-12-15(2)20-17(13-14)9-7-11-19-21(28-23(4,5)27-19)18(24)10-6-8-16(3)26-22(20)25/h6,10,12-13,16,18-19,21,24H,7-9,11H2,1-5H3/b10-6-/t16?,18?,19-,21?/m0/s1. The zero-order valence-electron chi connectivity index (χ0n) is 17.5. The molecule has 2 aliphatic heterocycles. The summed E-state index contributed by atoms with van der Waals surface area (Å²) in [4.78, 5) is 12.8. The summed E-state index contributed by atoms with van der Waals surface area (Å²) in [6.07, 6.45) is 4.82. The average molecular weight is 389 g/mol. The Kier molecular flexibility index (Phi) is 6.28. The molecular weight excluding hydrogens is 356 g/mol. The first kappa shape index (κ1) is 21.0. The lowest BCUT2D eigenvalue weighted by Crippen LogP contribution is -2.34. The van der Waals surface area contributed by atoms with Crippen molar-refractivity contribution < 1.29 is 24.1 Å². The summed E-state index contributed by atoms with van der Waals surface area (Å²) in [6, 6.07) is 4.10. The van der Waals surface area contributed by atoms with E-state index in [0.29, 0.717) is 12.0 Å². The summed E-state index contributed by atoms with van der Waals surface area (Å²) >= 11 is 0. The number of cyclic esters (lactones) is 1. The van der Waals surface area contributed by atoms with Crippen LogP contribution in [0.15, 0.2) is 24.3 Å². The van der Waals surface area contributed by atoms with Crippen LogP contribution in [0.3, 0.4) is 0 Å². The molecule has 0 spiro atoms. The van der Waals surface area contributed by atoms with Crippen LogP contribution in [0.5, 0.6) is 0 Å². The number of hydrogen-bond donors (Lipinski definition) is 1. The smallest absolute Gasteiger partial charge is 0.338 e. The lowest BCUT2D eigenvalue weighted by atomic mass is 9.93. The number of ether oxygens (including phenoxy) is 3. The Morgan fingerprint density at radius 1 is 1.18 bits per heavy atom. The summed E-state index contributed by atoms with van der Waals surface area (Å²) < 4.78 is 17.7. The highest BCUT2D eigenvalue weighted by Gasteiger charge is 2.43. The van der Waals surface area contributed by atoms with Gasteiger partial charge >= 0.3 is 5.97 Å². The number of benzene rings is 1. The molecule has 1 aromatic rings. The van der Waals surface area contributed by atoms with Crippen LogP contribution in [-0.2, 0) is 20.6 Å². The van der Waals surface area contributed by atoms with Crippen LogP contribution in [0.2, 0.25) is 0 Å². The van der Waals surface area contributed by atoms with Crippen LogP contribution in [0.1, 0.15) is 67.1 Å². The number of aryl methyl sites for hydroxylation is 3. The van der Waals surface area contributed by atoms with Gasteiger partial charge in [-0.05, 0) is 65.0 Å². The van der Waals surface area contributed by atoms with Gasteiger partial charge in [0.25, 0.3) is 0 Å². The van der Waals surface area contributed by atoms with E-state index < -0.39 is 18.0 Å². The maximum absolute atomic E-state index is 12.8. The maximum atomic E-state index is 12.8. The van der Waals surface area contributed by atoms with Crippen molar-refractivity contribution in [3.8, 4) is 0 Å². The van der Waals surface area contributed by atoms with Crippen molar-refractivity contribution in [2.45, 2.75) is 90.5 Å². The van der Waals surface area contributed by atoms with E-state index in [0.717, 1.165) is 36.0 Å². The molecule has 3 unspecified atom stereocenters. The Morgan fingerprint density at radius 2 is 1.93 bits per heavy atom. The molecule has 28 heavy (non-hydrogen) atoms. The molecule has 5 heteroatoms. The van der Waals surface area contributed by atoms with Crippen molar-refractivity contribution in [1.29, 1.82) is 0 Å². The van der Waals surface area contributed by atoms with Crippen molar-refractivity contribution in [3.63, 3.8) is 0 Å². The fourth-order valence-corrected chi connectivity index (χ4v) is 4.22. The van der Waals surface area contributed by atoms with E-state index in [2.05, 4.69) is 6.07 Å². The Morgan fingerprint density at radius 3 is 2.68 bits per heavy atom. The van der Waals surface area contributed by atoms with Gasteiger partial charge in [-0.15, -0.1) is 0 Å².